The lowest BCUT2D eigenvalue weighted by molar-refractivity contribution is -0.143. The molecule has 0 saturated carbocycles. The van der Waals surface area contributed by atoms with Gasteiger partial charge in [-0.15, -0.1) is 0 Å². The van der Waals surface area contributed by atoms with Crippen LogP contribution in [0, 0.1) is 13.8 Å². The third-order valence-electron chi connectivity index (χ3n) is 7.01. The predicted octanol–water partition coefficient (Wildman–Crippen LogP) is 4.17. The number of esters is 1. The molecule has 1 saturated heterocycles. The molecule has 0 spiro atoms. The number of carbonyl (C=O) groups is 3. The summed E-state index contributed by atoms with van der Waals surface area (Å²) in [6.45, 7) is 7.91. The van der Waals surface area contributed by atoms with E-state index in [1.54, 1.807) is 11.8 Å². The number of hydrogen-bond acceptors (Lipinski definition) is 4. The maximum absolute atomic E-state index is 13.1. The molecule has 1 fully saturated rings. The number of rotatable bonds is 6. The zero-order chi connectivity index (χ0) is 24.9. The van der Waals surface area contributed by atoms with Crippen molar-refractivity contribution in [2.75, 3.05) is 31.6 Å². The molecule has 8 nitrogen and oxygen atoms in total. The van der Waals surface area contributed by atoms with Crippen LogP contribution in [-0.4, -0.2) is 60.1 Å². The molecule has 8 heteroatoms. The third kappa shape index (κ3) is 5.58. The van der Waals surface area contributed by atoms with E-state index in [-0.39, 0.29) is 43.1 Å². The summed E-state index contributed by atoms with van der Waals surface area (Å²) in [7, 11) is 0. The molecule has 2 aromatic rings. The van der Waals surface area contributed by atoms with Gasteiger partial charge < -0.3 is 25.2 Å². The van der Waals surface area contributed by atoms with Gasteiger partial charge in [0.05, 0.1) is 6.54 Å². The Kier molecular flexibility index (Phi) is 7.58. The molecule has 2 unspecified atom stereocenters. The fourth-order valence-electron chi connectivity index (χ4n) is 4.85. The normalized spacial score (nSPS) is 19.6. The number of ether oxygens (including phenoxy) is 1. The summed E-state index contributed by atoms with van der Waals surface area (Å²) in [5.74, 6) is -0.306. The van der Waals surface area contributed by atoms with Gasteiger partial charge in [-0.05, 0) is 48.6 Å². The first kappa shape index (κ1) is 24.6. The Morgan fingerprint density at radius 1 is 1.14 bits per heavy atom. The van der Waals surface area contributed by atoms with Crippen LogP contribution in [0.2, 0.25) is 0 Å². The van der Waals surface area contributed by atoms with E-state index in [0.29, 0.717) is 32.5 Å². The van der Waals surface area contributed by atoms with E-state index < -0.39 is 0 Å². The second kappa shape index (κ2) is 10.8. The highest BCUT2D eigenvalue weighted by atomic mass is 16.5. The number of anilines is 1. The predicted molar refractivity (Wildman–Crippen MR) is 134 cm³/mol. The monoisotopic (exact) mass is 478 g/mol. The van der Waals surface area contributed by atoms with Gasteiger partial charge in [-0.1, -0.05) is 43.3 Å². The van der Waals surface area contributed by atoms with E-state index >= 15 is 0 Å². The highest BCUT2D eigenvalue weighted by Crippen LogP contribution is 2.35. The van der Waals surface area contributed by atoms with Crippen molar-refractivity contribution in [1.82, 2.24) is 15.1 Å². The Labute approximate surface area is 206 Å². The van der Waals surface area contributed by atoms with Crippen molar-refractivity contribution in [2.45, 2.75) is 52.1 Å². The molecule has 2 atom stereocenters. The fourth-order valence-corrected chi connectivity index (χ4v) is 4.85. The molecular weight excluding hydrogens is 444 g/mol. The molecule has 2 heterocycles. The highest BCUT2D eigenvalue weighted by molar-refractivity contribution is 5.92. The van der Waals surface area contributed by atoms with Crippen LogP contribution < -0.4 is 10.6 Å². The van der Waals surface area contributed by atoms with Crippen molar-refractivity contribution < 1.29 is 19.1 Å². The van der Waals surface area contributed by atoms with Crippen LogP contribution in [0.4, 0.5) is 15.3 Å². The third-order valence-corrected chi connectivity index (χ3v) is 7.01. The van der Waals surface area contributed by atoms with Crippen LogP contribution >= 0.6 is 0 Å². The molecule has 4 amide bonds. The maximum atomic E-state index is 13.1. The molecule has 35 heavy (non-hydrogen) atoms. The van der Waals surface area contributed by atoms with Gasteiger partial charge >= 0.3 is 18.0 Å². The van der Waals surface area contributed by atoms with Crippen molar-refractivity contribution >= 4 is 23.7 Å². The summed E-state index contributed by atoms with van der Waals surface area (Å²) < 4.78 is 5.06. The Bertz CT molecular complexity index is 1100. The zero-order valence-electron chi connectivity index (χ0n) is 20.7. The van der Waals surface area contributed by atoms with Crippen molar-refractivity contribution in [3.8, 4) is 0 Å². The molecule has 2 aliphatic rings. The molecule has 0 bridgehead atoms. The quantitative estimate of drug-likeness (QED) is 0.482. The van der Waals surface area contributed by atoms with E-state index in [1.165, 1.54) is 11.1 Å². The molecule has 2 aliphatic heterocycles. The van der Waals surface area contributed by atoms with Gasteiger partial charge in [0, 0.05) is 43.7 Å². The van der Waals surface area contributed by atoms with Gasteiger partial charge in [0.25, 0.3) is 0 Å². The van der Waals surface area contributed by atoms with E-state index in [9.17, 15) is 14.4 Å². The van der Waals surface area contributed by atoms with Crippen LogP contribution in [0.5, 0.6) is 0 Å². The van der Waals surface area contributed by atoms with Crippen molar-refractivity contribution in [2.24, 2.45) is 0 Å². The minimum atomic E-state index is -0.281. The second-order valence-corrected chi connectivity index (χ2v) is 9.27. The summed E-state index contributed by atoms with van der Waals surface area (Å²) in [6, 6.07) is 13.9. The molecule has 2 N–H and O–H groups in total. The summed E-state index contributed by atoms with van der Waals surface area (Å²) >= 11 is 0. The van der Waals surface area contributed by atoms with Crippen molar-refractivity contribution in [3.05, 3.63) is 64.7 Å². The number of aryl methyl sites for hydroxylation is 2. The number of amides is 4. The van der Waals surface area contributed by atoms with E-state index in [1.807, 2.05) is 29.2 Å². The molecule has 0 aromatic heterocycles. The first-order valence-corrected chi connectivity index (χ1v) is 12.3. The van der Waals surface area contributed by atoms with Gasteiger partial charge in [0.2, 0.25) is 0 Å². The van der Waals surface area contributed by atoms with Crippen molar-refractivity contribution in [1.29, 1.82) is 0 Å². The Balaban J connectivity index is 1.51. The fraction of sp³-hybridized carbons (Fsp3) is 0.444. The van der Waals surface area contributed by atoms with Gasteiger partial charge in [-0.3, -0.25) is 4.79 Å². The average molecular weight is 479 g/mol. The number of nitrogens with zero attached hydrogens (tertiary/aromatic N) is 2. The smallest absolute Gasteiger partial charge is 0.322 e. The first-order chi connectivity index (χ1) is 16.9. The number of hydrogen-bond donors (Lipinski definition) is 2. The van der Waals surface area contributed by atoms with Gasteiger partial charge in [-0.25, -0.2) is 9.59 Å². The number of urea groups is 2. The topological polar surface area (TPSA) is 91.0 Å². The molecule has 186 valence electrons. The Morgan fingerprint density at radius 2 is 1.94 bits per heavy atom. The standard InChI is InChI=1S/C27H34N4O4/c1-4-25(32)35-14-12-28-26(33)30-13-11-24(22(17-30)20-10-9-18(2)19(3)15-20)31-16-21-7-5-6-8-23(21)29-27(31)34/h5-10,15,22,24H,4,11-14,16-17H2,1-3H3,(H,28,33)(H,29,34). The SMILES string of the molecule is CCC(=O)OCCNC(=O)N1CCC(N2Cc3ccccc3NC2=O)C(c2ccc(C)c(C)c2)C1. The molecule has 0 aliphatic carbocycles. The lowest BCUT2D eigenvalue weighted by Gasteiger charge is -2.45. The minimum Gasteiger partial charge on any atom is -0.464 e. The maximum Gasteiger partial charge on any atom is 0.322 e. The summed E-state index contributed by atoms with van der Waals surface area (Å²) in [4.78, 5) is 41.0. The minimum absolute atomic E-state index is 0.0252. The van der Waals surface area contributed by atoms with Gasteiger partial charge in [0.1, 0.15) is 6.61 Å². The number of fused-ring (bicyclic) bond motifs is 1. The van der Waals surface area contributed by atoms with Crippen LogP contribution in [0.3, 0.4) is 0 Å². The molecule has 2 aromatic carbocycles. The number of benzene rings is 2. The average Bonchev–Trinajstić information content (AvgIpc) is 2.87. The highest BCUT2D eigenvalue weighted by Gasteiger charge is 2.39. The van der Waals surface area contributed by atoms with Crippen molar-refractivity contribution in [3.63, 3.8) is 0 Å². The number of para-hydroxylation sites is 1. The van der Waals surface area contributed by atoms with E-state index in [4.69, 9.17) is 4.74 Å². The number of likely N-dealkylation sites (tertiary alicyclic amines) is 1. The van der Waals surface area contributed by atoms with Gasteiger partial charge in [0.15, 0.2) is 0 Å². The van der Waals surface area contributed by atoms with Gasteiger partial charge in [-0.2, -0.15) is 0 Å². The lowest BCUT2D eigenvalue weighted by Crippen LogP contribution is -2.56. The Hall–Kier alpha value is -3.55. The second-order valence-electron chi connectivity index (χ2n) is 9.27. The summed E-state index contributed by atoms with van der Waals surface area (Å²) in [5.41, 5.74) is 5.47. The van der Waals surface area contributed by atoms with E-state index in [0.717, 1.165) is 16.8 Å². The summed E-state index contributed by atoms with van der Waals surface area (Å²) in [5, 5.41) is 5.89. The van der Waals surface area contributed by atoms with E-state index in [2.05, 4.69) is 42.7 Å². The zero-order valence-corrected chi connectivity index (χ0v) is 20.7. The largest absolute Gasteiger partial charge is 0.464 e. The lowest BCUT2D eigenvalue weighted by atomic mass is 9.83. The number of nitrogens with one attached hydrogen (secondary N) is 2. The van der Waals surface area contributed by atoms with Crippen LogP contribution in [0.1, 0.15) is 47.9 Å². The van der Waals surface area contributed by atoms with Crippen LogP contribution in [-0.2, 0) is 16.1 Å². The van der Waals surface area contributed by atoms with Crippen LogP contribution in [0.25, 0.3) is 0 Å². The molecule has 0 radical (unpaired) electrons. The summed E-state index contributed by atoms with van der Waals surface area (Å²) in [6.07, 6.45) is 0.985. The number of carbonyl (C=O) groups excluding carboxylic acids is 3. The Morgan fingerprint density at radius 3 is 2.71 bits per heavy atom. The number of piperidine rings is 1. The van der Waals surface area contributed by atoms with Crippen LogP contribution in [0.15, 0.2) is 42.5 Å². The molecular formula is C27H34N4O4. The molecule has 4 rings (SSSR count). The first-order valence-electron chi connectivity index (χ1n) is 12.3.